The minimum atomic E-state index is -1.16. The zero-order valence-corrected chi connectivity index (χ0v) is 24.3. The number of carbonyl (C=O) groups excluding carboxylic acids is 4. The summed E-state index contributed by atoms with van der Waals surface area (Å²) >= 11 is 0. The topological polar surface area (TPSA) is 133 Å². The largest absolute Gasteiger partial charge is 0.481 e. The minimum absolute atomic E-state index is 0.0712. The maximum absolute atomic E-state index is 13.9. The average Bonchev–Trinajstić information content (AvgIpc) is 3.25. The van der Waals surface area contributed by atoms with E-state index in [1.165, 1.54) is 7.05 Å². The predicted molar refractivity (Wildman–Crippen MR) is 161 cm³/mol. The number of nitrogens with zero attached hydrogens (tertiary/aromatic N) is 1. The SMILES string of the molecule is CNC(=O)C(Cc1ccccc1)NC(=O)C(C1CCCCC1)C(CCN1C(=O)c2cc3ccccc3cc2C1=O)C(=O)O. The summed E-state index contributed by atoms with van der Waals surface area (Å²) in [6.07, 6.45) is 4.37. The van der Waals surface area contributed by atoms with Crippen molar-refractivity contribution in [1.29, 1.82) is 0 Å². The van der Waals surface area contributed by atoms with Crippen molar-refractivity contribution < 1.29 is 29.1 Å². The third kappa shape index (κ3) is 6.45. The average molecular weight is 584 g/mol. The highest BCUT2D eigenvalue weighted by molar-refractivity contribution is 6.23. The quantitative estimate of drug-likeness (QED) is 0.290. The Hall–Kier alpha value is -4.53. The van der Waals surface area contributed by atoms with Gasteiger partial charge in [-0.15, -0.1) is 0 Å². The fourth-order valence-corrected chi connectivity index (χ4v) is 6.62. The molecule has 9 nitrogen and oxygen atoms in total. The maximum Gasteiger partial charge on any atom is 0.307 e. The second-order valence-corrected chi connectivity index (χ2v) is 11.5. The molecule has 0 spiro atoms. The van der Waals surface area contributed by atoms with Gasteiger partial charge in [-0.25, -0.2) is 0 Å². The first-order chi connectivity index (χ1) is 20.8. The molecule has 3 aromatic rings. The van der Waals surface area contributed by atoms with Crippen LogP contribution in [0.4, 0.5) is 0 Å². The lowest BCUT2D eigenvalue weighted by Crippen LogP contribution is -2.52. The smallest absolute Gasteiger partial charge is 0.307 e. The number of aliphatic carboxylic acids is 1. The van der Waals surface area contributed by atoms with Crippen molar-refractivity contribution >= 4 is 40.4 Å². The van der Waals surface area contributed by atoms with E-state index in [2.05, 4.69) is 10.6 Å². The van der Waals surface area contributed by atoms with E-state index in [1.54, 1.807) is 12.1 Å². The standard InChI is InChI=1S/C34H37N3O6/c1-35-30(38)28(18-21-10-4-2-5-11-21)36-31(39)29(22-12-6-3-7-13-22)25(34(42)43)16-17-37-32(40)26-19-23-14-8-9-15-24(23)20-27(26)33(37)41/h2,4-5,8-11,14-15,19-20,22,25,28-29H,3,6-7,12-13,16-18H2,1H3,(H,35,38)(H,36,39)(H,42,43). The van der Waals surface area contributed by atoms with Crippen LogP contribution in [-0.2, 0) is 20.8 Å². The van der Waals surface area contributed by atoms with Crippen LogP contribution in [-0.4, -0.2) is 59.2 Å². The second kappa shape index (κ2) is 13.2. The van der Waals surface area contributed by atoms with Crippen molar-refractivity contribution in [3.8, 4) is 0 Å². The normalized spacial score (nSPS) is 17.3. The lowest BCUT2D eigenvalue weighted by atomic mass is 9.72. The number of carboxylic acid groups (broad SMARTS) is 1. The summed E-state index contributed by atoms with van der Waals surface area (Å²) in [7, 11) is 1.50. The number of rotatable bonds is 11. The van der Waals surface area contributed by atoms with Gasteiger partial charge in [0.05, 0.1) is 23.0 Å². The van der Waals surface area contributed by atoms with Crippen LogP contribution >= 0.6 is 0 Å². The Balaban J connectivity index is 1.37. The van der Waals surface area contributed by atoms with E-state index in [0.29, 0.717) is 24.0 Å². The highest BCUT2D eigenvalue weighted by Crippen LogP contribution is 2.37. The van der Waals surface area contributed by atoms with Crippen LogP contribution in [0.5, 0.6) is 0 Å². The van der Waals surface area contributed by atoms with Gasteiger partial charge in [0, 0.05) is 20.0 Å². The number of benzene rings is 3. The number of likely N-dealkylation sites (N-methyl/N-ethyl adjacent to an activating group) is 1. The fourth-order valence-electron chi connectivity index (χ4n) is 6.62. The third-order valence-electron chi connectivity index (χ3n) is 8.87. The number of hydrogen-bond acceptors (Lipinski definition) is 5. The molecular formula is C34H37N3O6. The molecule has 0 aromatic heterocycles. The van der Waals surface area contributed by atoms with E-state index in [0.717, 1.165) is 40.5 Å². The number of imide groups is 1. The molecule has 0 saturated heterocycles. The highest BCUT2D eigenvalue weighted by Gasteiger charge is 2.43. The van der Waals surface area contributed by atoms with E-state index >= 15 is 0 Å². The Morgan fingerprint density at radius 2 is 1.44 bits per heavy atom. The van der Waals surface area contributed by atoms with Crippen LogP contribution < -0.4 is 10.6 Å². The number of amides is 4. The summed E-state index contributed by atoms with van der Waals surface area (Å²) < 4.78 is 0. The fraction of sp³-hybridized carbons (Fsp3) is 0.382. The van der Waals surface area contributed by atoms with Crippen molar-refractivity contribution in [2.24, 2.45) is 17.8 Å². The van der Waals surface area contributed by atoms with E-state index in [4.69, 9.17) is 0 Å². The van der Waals surface area contributed by atoms with Gasteiger partial charge in [0.1, 0.15) is 6.04 Å². The van der Waals surface area contributed by atoms with E-state index in [1.807, 2.05) is 54.6 Å². The number of hydrogen-bond donors (Lipinski definition) is 3. The summed E-state index contributed by atoms with van der Waals surface area (Å²) in [5.74, 6) is -5.20. The molecule has 1 aliphatic heterocycles. The molecule has 2 aliphatic rings. The molecule has 1 saturated carbocycles. The first kappa shape index (κ1) is 29.9. The van der Waals surface area contributed by atoms with Gasteiger partial charge < -0.3 is 15.7 Å². The monoisotopic (exact) mass is 583 g/mol. The van der Waals surface area contributed by atoms with Gasteiger partial charge >= 0.3 is 5.97 Å². The zero-order valence-electron chi connectivity index (χ0n) is 24.3. The minimum Gasteiger partial charge on any atom is -0.481 e. The summed E-state index contributed by atoms with van der Waals surface area (Å²) in [4.78, 5) is 67.2. The zero-order chi connectivity index (χ0) is 30.5. The van der Waals surface area contributed by atoms with Gasteiger partial charge in [-0.1, -0.05) is 73.9 Å². The third-order valence-corrected chi connectivity index (χ3v) is 8.87. The Labute approximate surface area is 250 Å². The van der Waals surface area contributed by atoms with Crippen molar-refractivity contribution in [2.45, 2.75) is 51.0 Å². The van der Waals surface area contributed by atoms with Crippen LogP contribution in [0.3, 0.4) is 0 Å². The lowest BCUT2D eigenvalue weighted by Gasteiger charge is -2.34. The number of carboxylic acids is 1. The molecule has 3 unspecified atom stereocenters. The van der Waals surface area contributed by atoms with Gasteiger partial charge in [-0.05, 0) is 53.6 Å². The Morgan fingerprint density at radius 1 is 0.860 bits per heavy atom. The molecule has 9 heteroatoms. The summed E-state index contributed by atoms with van der Waals surface area (Å²) in [5, 5.41) is 17.5. The lowest BCUT2D eigenvalue weighted by molar-refractivity contribution is -0.150. The first-order valence-corrected chi connectivity index (χ1v) is 15.0. The highest BCUT2D eigenvalue weighted by atomic mass is 16.4. The Morgan fingerprint density at radius 3 is 2.00 bits per heavy atom. The van der Waals surface area contributed by atoms with Gasteiger partial charge in [-0.3, -0.25) is 28.9 Å². The molecule has 4 amide bonds. The molecular weight excluding hydrogens is 546 g/mol. The molecule has 3 atom stereocenters. The van der Waals surface area contributed by atoms with Crippen LogP contribution in [0.2, 0.25) is 0 Å². The van der Waals surface area contributed by atoms with Crippen LogP contribution in [0.15, 0.2) is 66.7 Å². The van der Waals surface area contributed by atoms with E-state index in [-0.39, 0.29) is 31.2 Å². The van der Waals surface area contributed by atoms with E-state index in [9.17, 15) is 29.1 Å². The van der Waals surface area contributed by atoms with Gasteiger partial charge in [0.25, 0.3) is 11.8 Å². The Bertz CT molecular complexity index is 1480. The maximum atomic E-state index is 13.9. The van der Waals surface area contributed by atoms with Crippen molar-refractivity contribution in [1.82, 2.24) is 15.5 Å². The summed E-state index contributed by atoms with van der Waals surface area (Å²) in [6.45, 7) is -0.126. The van der Waals surface area contributed by atoms with Crippen molar-refractivity contribution in [2.75, 3.05) is 13.6 Å². The Kier molecular flexibility index (Phi) is 9.19. The number of carbonyl (C=O) groups is 5. The molecule has 5 rings (SSSR count). The van der Waals surface area contributed by atoms with Gasteiger partial charge in [0.2, 0.25) is 11.8 Å². The molecule has 3 N–H and O–H groups in total. The molecule has 224 valence electrons. The molecule has 3 aromatic carbocycles. The van der Waals surface area contributed by atoms with Crippen molar-refractivity contribution in [3.63, 3.8) is 0 Å². The molecule has 1 aliphatic carbocycles. The molecule has 43 heavy (non-hydrogen) atoms. The summed E-state index contributed by atoms with van der Waals surface area (Å²) in [5.41, 5.74) is 1.46. The van der Waals surface area contributed by atoms with Crippen LogP contribution in [0.1, 0.15) is 64.8 Å². The number of fused-ring (bicyclic) bond motifs is 2. The number of nitrogens with one attached hydrogen (secondary N) is 2. The molecule has 0 bridgehead atoms. The second-order valence-electron chi connectivity index (χ2n) is 11.5. The molecule has 1 heterocycles. The van der Waals surface area contributed by atoms with Gasteiger partial charge in [-0.2, -0.15) is 0 Å². The van der Waals surface area contributed by atoms with Crippen LogP contribution in [0.25, 0.3) is 10.8 Å². The van der Waals surface area contributed by atoms with Crippen molar-refractivity contribution in [3.05, 3.63) is 83.4 Å². The van der Waals surface area contributed by atoms with Crippen LogP contribution in [0, 0.1) is 17.8 Å². The van der Waals surface area contributed by atoms with E-state index < -0.39 is 41.6 Å². The molecule has 0 radical (unpaired) electrons. The van der Waals surface area contributed by atoms with Gasteiger partial charge in [0.15, 0.2) is 0 Å². The first-order valence-electron chi connectivity index (χ1n) is 15.0. The molecule has 1 fully saturated rings. The predicted octanol–water partition coefficient (Wildman–Crippen LogP) is 4.20. The summed E-state index contributed by atoms with van der Waals surface area (Å²) in [6, 6.07) is 19.3.